The minimum Gasteiger partial charge on any atom is -0.454 e. The number of amides is 2. The molecule has 0 aliphatic carbocycles. The normalized spacial score (nSPS) is 17.2. The number of halogens is 1. The maximum absolute atomic E-state index is 12.2. The predicted octanol–water partition coefficient (Wildman–Crippen LogP) is 2.88. The van der Waals surface area contributed by atoms with E-state index in [0.717, 1.165) is 0 Å². The highest BCUT2D eigenvalue weighted by molar-refractivity contribution is 6.34. The van der Waals surface area contributed by atoms with Gasteiger partial charge in [0, 0.05) is 11.1 Å². The number of imide groups is 1. The molecule has 114 valence electrons. The number of ether oxygens (including phenoxy) is 2. The third-order valence-corrected chi connectivity index (χ3v) is 3.97. The Morgan fingerprint density at radius 3 is 2.65 bits per heavy atom. The van der Waals surface area contributed by atoms with Crippen LogP contribution in [-0.4, -0.2) is 18.6 Å². The van der Waals surface area contributed by atoms with Crippen molar-refractivity contribution in [2.45, 2.75) is 0 Å². The molecule has 2 aromatic rings. The lowest BCUT2D eigenvalue weighted by Gasteiger charge is -2.18. The van der Waals surface area contributed by atoms with Gasteiger partial charge in [0.1, 0.15) is 0 Å². The van der Waals surface area contributed by atoms with Gasteiger partial charge in [0.05, 0.1) is 5.02 Å². The Balaban J connectivity index is 1.85. The van der Waals surface area contributed by atoms with E-state index in [1.54, 1.807) is 42.5 Å². The van der Waals surface area contributed by atoms with E-state index in [0.29, 0.717) is 38.8 Å². The molecule has 0 fully saturated rings. The Morgan fingerprint density at radius 2 is 1.83 bits per heavy atom. The zero-order valence-corrected chi connectivity index (χ0v) is 12.5. The second-order valence-electron chi connectivity index (χ2n) is 5.12. The average molecular weight is 328 g/mol. The molecule has 0 saturated carbocycles. The standard InChI is InChI=1S/C17H10ClNO4/c18-13-6-9(7-14-15(13)23-8-22-14)5-12-10-3-1-2-4-11(10)16(20)19-17(12)21/h1-7H,8H2,(H,19,20,21)/b12-5-. The van der Waals surface area contributed by atoms with Crippen molar-refractivity contribution in [2.24, 2.45) is 0 Å². The molecule has 2 aliphatic heterocycles. The smallest absolute Gasteiger partial charge is 0.258 e. The lowest BCUT2D eigenvalue weighted by molar-refractivity contribution is -0.114. The molecule has 0 radical (unpaired) electrons. The second-order valence-corrected chi connectivity index (χ2v) is 5.53. The fraction of sp³-hybridized carbons (Fsp3) is 0.0588. The van der Waals surface area contributed by atoms with Gasteiger partial charge in [-0.2, -0.15) is 0 Å². The molecule has 1 N–H and O–H groups in total. The molecule has 5 nitrogen and oxygen atoms in total. The molecule has 0 aromatic heterocycles. The summed E-state index contributed by atoms with van der Waals surface area (Å²) in [6.45, 7) is 0.118. The van der Waals surface area contributed by atoms with E-state index < -0.39 is 11.8 Å². The van der Waals surface area contributed by atoms with Crippen molar-refractivity contribution in [3.63, 3.8) is 0 Å². The van der Waals surface area contributed by atoms with E-state index in [2.05, 4.69) is 5.32 Å². The molecule has 0 atom stereocenters. The minimum absolute atomic E-state index is 0.118. The van der Waals surface area contributed by atoms with E-state index >= 15 is 0 Å². The highest BCUT2D eigenvalue weighted by atomic mass is 35.5. The fourth-order valence-electron chi connectivity index (χ4n) is 2.66. The Labute approximate surface area is 136 Å². The van der Waals surface area contributed by atoms with Crippen LogP contribution in [0.3, 0.4) is 0 Å². The molecule has 2 aromatic carbocycles. The predicted molar refractivity (Wildman–Crippen MR) is 84.4 cm³/mol. The first-order chi connectivity index (χ1) is 11.1. The molecule has 0 saturated heterocycles. The summed E-state index contributed by atoms with van der Waals surface area (Å²) in [5.74, 6) is 0.191. The van der Waals surface area contributed by atoms with Gasteiger partial charge in [-0.25, -0.2) is 0 Å². The number of benzene rings is 2. The maximum Gasteiger partial charge on any atom is 0.258 e. The van der Waals surface area contributed by atoms with Crippen LogP contribution >= 0.6 is 11.6 Å². The molecule has 0 unspecified atom stereocenters. The van der Waals surface area contributed by atoms with Gasteiger partial charge >= 0.3 is 0 Å². The summed E-state index contributed by atoms with van der Waals surface area (Å²) < 4.78 is 10.6. The molecule has 0 bridgehead atoms. The molecule has 23 heavy (non-hydrogen) atoms. The monoisotopic (exact) mass is 327 g/mol. The molecule has 2 aliphatic rings. The summed E-state index contributed by atoms with van der Waals surface area (Å²) in [7, 11) is 0. The number of rotatable bonds is 1. The summed E-state index contributed by atoms with van der Waals surface area (Å²) in [6, 6.07) is 10.4. The van der Waals surface area contributed by atoms with Crippen LogP contribution in [0, 0.1) is 0 Å². The van der Waals surface area contributed by atoms with Crippen LogP contribution in [-0.2, 0) is 4.79 Å². The molecule has 2 heterocycles. The number of hydrogen-bond acceptors (Lipinski definition) is 4. The van der Waals surface area contributed by atoms with E-state index in [1.807, 2.05) is 0 Å². The molecular weight excluding hydrogens is 318 g/mol. The second kappa shape index (κ2) is 5.14. The van der Waals surface area contributed by atoms with Crippen molar-refractivity contribution in [1.29, 1.82) is 0 Å². The number of carbonyl (C=O) groups excluding carboxylic acids is 2. The third-order valence-electron chi connectivity index (χ3n) is 3.69. The van der Waals surface area contributed by atoms with Crippen molar-refractivity contribution in [2.75, 3.05) is 6.79 Å². The molecule has 2 amide bonds. The van der Waals surface area contributed by atoms with Crippen molar-refractivity contribution in [1.82, 2.24) is 5.32 Å². The third kappa shape index (κ3) is 2.26. The topological polar surface area (TPSA) is 64.6 Å². The van der Waals surface area contributed by atoms with Gasteiger partial charge in [0.2, 0.25) is 6.79 Å². The number of fused-ring (bicyclic) bond motifs is 2. The van der Waals surface area contributed by atoms with Gasteiger partial charge in [-0.1, -0.05) is 29.8 Å². The lowest BCUT2D eigenvalue weighted by atomic mass is 9.93. The Bertz CT molecular complexity index is 888. The van der Waals surface area contributed by atoms with Gasteiger partial charge in [-0.05, 0) is 35.4 Å². The first-order valence-electron chi connectivity index (χ1n) is 6.89. The van der Waals surface area contributed by atoms with Gasteiger partial charge in [-0.3, -0.25) is 14.9 Å². The molecular formula is C17H10ClNO4. The largest absolute Gasteiger partial charge is 0.454 e. The van der Waals surface area contributed by atoms with Gasteiger partial charge in [-0.15, -0.1) is 0 Å². The summed E-state index contributed by atoms with van der Waals surface area (Å²) in [6.07, 6.45) is 1.68. The Kier molecular flexibility index (Phi) is 3.09. The van der Waals surface area contributed by atoms with E-state index in [-0.39, 0.29) is 6.79 Å². The first kappa shape index (κ1) is 13.8. The van der Waals surface area contributed by atoms with Gasteiger partial charge < -0.3 is 9.47 Å². The number of carbonyl (C=O) groups is 2. The van der Waals surface area contributed by atoms with E-state index in [4.69, 9.17) is 21.1 Å². The maximum atomic E-state index is 12.2. The molecule has 0 spiro atoms. The zero-order chi connectivity index (χ0) is 16.0. The van der Waals surface area contributed by atoms with Crippen molar-refractivity contribution in [3.8, 4) is 11.5 Å². The first-order valence-corrected chi connectivity index (χ1v) is 7.27. The minimum atomic E-state index is -0.442. The van der Waals surface area contributed by atoms with Crippen LogP contribution in [0.25, 0.3) is 11.6 Å². The zero-order valence-electron chi connectivity index (χ0n) is 11.8. The van der Waals surface area contributed by atoms with Crippen LogP contribution in [0.15, 0.2) is 36.4 Å². The van der Waals surface area contributed by atoms with Crippen LogP contribution in [0.1, 0.15) is 21.5 Å². The Morgan fingerprint density at radius 1 is 1.04 bits per heavy atom. The summed E-state index contributed by atoms with van der Waals surface area (Å²) in [5.41, 5.74) is 2.14. The number of hydrogen-bond donors (Lipinski definition) is 1. The highest BCUT2D eigenvalue weighted by Crippen LogP contribution is 2.40. The molecule has 4 rings (SSSR count). The Hall–Kier alpha value is -2.79. The fourth-order valence-corrected chi connectivity index (χ4v) is 2.93. The SMILES string of the molecule is O=C1NC(=O)c2ccccc2/C1=C/c1cc(Cl)c2c(c1)OCO2. The average Bonchev–Trinajstić information content (AvgIpc) is 3.00. The van der Waals surface area contributed by atoms with Crippen LogP contribution in [0.4, 0.5) is 0 Å². The van der Waals surface area contributed by atoms with Gasteiger partial charge in [0.25, 0.3) is 11.8 Å². The van der Waals surface area contributed by atoms with Gasteiger partial charge in [0.15, 0.2) is 11.5 Å². The summed E-state index contributed by atoms with van der Waals surface area (Å²) >= 11 is 6.16. The van der Waals surface area contributed by atoms with Crippen LogP contribution < -0.4 is 14.8 Å². The number of nitrogens with one attached hydrogen (secondary N) is 1. The van der Waals surface area contributed by atoms with Crippen LogP contribution in [0.2, 0.25) is 5.02 Å². The summed E-state index contributed by atoms with van der Waals surface area (Å²) in [5, 5.41) is 2.75. The van der Waals surface area contributed by atoms with Crippen molar-refractivity contribution >= 4 is 35.1 Å². The van der Waals surface area contributed by atoms with Crippen molar-refractivity contribution < 1.29 is 19.1 Å². The molecule has 6 heteroatoms. The van der Waals surface area contributed by atoms with Crippen LogP contribution in [0.5, 0.6) is 11.5 Å². The van der Waals surface area contributed by atoms with E-state index in [1.165, 1.54) is 0 Å². The highest BCUT2D eigenvalue weighted by Gasteiger charge is 2.27. The van der Waals surface area contributed by atoms with E-state index in [9.17, 15) is 9.59 Å². The lowest BCUT2D eigenvalue weighted by Crippen LogP contribution is -2.36. The van der Waals surface area contributed by atoms with Crippen molar-refractivity contribution in [3.05, 3.63) is 58.1 Å². The summed E-state index contributed by atoms with van der Waals surface area (Å²) in [4.78, 5) is 24.1. The quantitative estimate of drug-likeness (QED) is 0.646.